The lowest BCUT2D eigenvalue weighted by molar-refractivity contribution is -0.384. The number of hydrogen-bond acceptors (Lipinski definition) is 12. The van der Waals surface area contributed by atoms with Crippen molar-refractivity contribution in [2.24, 2.45) is 11.3 Å². The first-order chi connectivity index (χ1) is 32.0. The zero-order chi connectivity index (χ0) is 47.1. The van der Waals surface area contributed by atoms with E-state index in [9.17, 15) is 32.8 Å². The van der Waals surface area contributed by atoms with E-state index in [0.717, 1.165) is 74.1 Å². The number of aromatic nitrogens is 2. The van der Waals surface area contributed by atoms with Crippen molar-refractivity contribution < 1.29 is 32.3 Å². The summed E-state index contributed by atoms with van der Waals surface area (Å²) in [5, 5.41) is 16.8. The Balaban J connectivity index is 0.976. The number of carbonyl (C=O) groups excluding carboxylic acids is 1. The molecule has 5 heterocycles. The Morgan fingerprint density at radius 2 is 1.78 bits per heavy atom. The zero-order valence-electron chi connectivity index (χ0n) is 37.7. The van der Waals surface area contributed by atoms with Gasteiger partial charge in [0.25, 0.3) is 21.6 Å². The molecule has 0 unspecified atom stereocenters. The molecule has 0 radical (unpaired) electrons. The van der Waals surface area contributed by atoms with Crippen LogP contribution in [0.15, 0.2) is 89.5 Å². The van der Waals surface area contributed by atoms with E-state index in [1.807, 2.05) is 41.3 Å². The minimum atomic E-state index is -4.62. The maximum atomic E-state index is 14.4. The molecule has 354 valence electrons. The van der Waals surface area contributed by atoms with Crippen LogP contribution >= 0.6 is 19.0 Å². The van der Waals surface area contributed by atoms with Gasteiger partial charge < -0.3 is 29.7 Å². The Morgan fingerprint density at radius 1 is 1.01 bits per heavy atom. The fourth-order valence-electron chi connectivity index (χ4n) is 9.74. The van der Waals surface area contributed by atoms with E-state index in [4.69, 9.17) is 21.3 Å². The van der Waals surface area contributed by atoms with Crippen molar-refractivity contribution in [1.82, 2.24) is 19.6 Å². The monoisotopic (exact) mass is 970 g/mol. The van der Waals surface area contributed by atoms with E-state index in [1.165, 1.54) is 28.8 Å². The van der Waals surface area contributed by atoms with Crippen LogP contribution in [0.4, 0.5) is 28.4 Å². The van der Waals surface area contributed by atoms with Gasteiger partial charge in [-0.25, -0.2) is 13.1 Å². The number of pyridine rings is 1. The van der Waals surface area contributed by atoms with Crippen LogP contribution in [-0.2, 0) is 14.6 Å². The molecule has 2 saturated heterocycles. The average molecular weight is 972 g/mol. The minimum Gasteiger partial charge on any atom is -0.476 e. The molecule has 0 spiro atoms. The van der Waals surface area contributed by atoms with Crippen LogP contribution < -0.4 is 24.6 Å². The van der Waals surface area contributed by atoms with Crippen LogP contribution in [-0.4, -0.2) is 104 Å². The van der Waals surface area contributed by atoms with E-state index >= 15 is 0 Å². The summed E-state index contributed by atoms with van der Waals surface area (Å²) in [6.07, 6.45) is 6.93. The van der Waals surface area contributed by atoms with Gasteiger partial charge in [-0.15, -0.1) is 0 Å². The predicted molar refractivity (Wildman–Crippen MR) is 263 cm³/mol. The number of nitrogens with zero attached hydrogens (tertiary/aromatic N) is 5. The number of fused-ring (bicyclic) bond motifs is 2. The Morgan fingerprint density at radius 3 is 2.52 bits per heavy atom. The van der Waals surface area contributed by atoms with Crippen LogP contribution in [0.3, 0.4) is 0 Å². The zero-order valence-corrected chi connectivity index (χ0v) is 40.1. The normalized spacial score (nSPS) is 21.3. The third-order valence-electron chi connectivity index (χ3n) is 13.6. The highest BCUT2D eigenvalue weighted by Crippen LogP contribution is 2.48. The molecule has 0 saturated carbocycles. The van der Waals surface area contributed by atoms with Crippen molar-refractivity contribution in [2.45, 2.75) is 57.3 Å². The van der Waals surface area contributed by atoms with Crippen molar-refractivity contribution in [3.8, 4) is 5.88 Å². The Kier molecular flexibility index (Phi) is 13.2. The highest BCUT2D eigenvalue weighted by atomic mass is 35.5. The summed E-state index contributed by atoms with van der Waals surface area (Å²) < 4.78 is 48.3. The number of nitrogens with one attached hydrogen (secondary N) is 3. The number of allylic oxidation sites excluding steroid dienone is 1. The number of aromatic amines is 1. The van der Waals surface area contributed by atoms with E-state index in [2.05, 4.69) is 50.8 Å². The number of H-pyrrole nitrogens is 1. The molecular weight excluding hydrogens is 915 g/mol. The summed E-state index contributed by atoms with van der Waals surface area (Å²) in [7, 11) is -7.75. The van der Waals surface area contributed by atoms with Crippen LogP contribution in [0.5, 0.6) is 5.88 Å². The van der Waals surface area contributed by atoms with Gasteiger partial charge in [0, 0.05) is 86.5 Å². The number of nitro benzene ring substituents is 1. The van der Waals surface area contributed by atoms with Crippen molar-refractivity contribution in [1.29, 1.82) is 0 Å². The van der Waals surface area contributed by atoms with Gasteiger partial charge in [0.1, 0.15) is 17.0 Å². The molecule has 19 heteroatoms. The number of piperazine rings is 1. The third kappa shape index (κ3) is 10.5. The maximum absolute atomic E-state index is 14.4. The number of anilines is 4. The van der Waals surface area contributed by atoms with Crippen LogP contribution in [0.2, 0.25) is 5.02 Å². The third-order valence-corrected chi connectivity index (χ3v) is 17.1. The first-order valence-corrected chi connectivity index (χ1v) is 26.8. The highest BCUT2D eigenvalue weighted by Gasteiger charge is 2.33. The number of carbonyl (C=O) groups is 1. The molecule has 4 N–H and O–H groups in total. The number of benzene rings is 3. The van der Waals surface area contributed by atoms with Crippen molar-refractivity contribution in [2.75, 3.05) is 79.9 Å². The highest BCUT2D eigenvalue weighted by molar-refractivity contribution is 7.90. The SMILES string of the molecule is CC1(C)CCC(CN2CCN(c3ccc(C(=O)NS(=O)(=O)c4ccc(NCC5CCP(=O)(O)CC5)c([N+](=O)[O-])c4)c(N4CCCOc5nc6[nH]ccc6cc54)c3)CC2)=C(c2ccc(Cl)cc2)C1. The van der Waals surface area contributed by atoms with Gasteiger partial charge in [0.2, 0.25) is 13.2 Å². The lowest BCUT2D eigenvalue weighted by Gasteiger charge is -2.39. The quantitative estimate of drug-likeness (QED) is 0.0524. The fraction of sp³-hybridized carbons (Fsp3) is 0.417. The van der Waals surface area contributed by atoms with Gasteiger partial charge in [-0.3, -0.25) is 24.4 Å². The molecule has 4 aliphatic rings. The molecule has 9 rings (SSSR count). The number of amides is 1. The van der Waals surface area contributed by atoms with Crippen molar-refractivity contribution in [3.05, 3.63) is 111 Å². The van der Waals surface area contributed by atoms with Gasteiger partial charge in [-0.2, -0.15) is 4.98 Å². The summed E-state index contributed by atoms with van der Waals surface area (Å²) in [5.74, 6) is -0.500. The van der Waals surface area contributed by atoms with E-state index in [0.29, 0.717) is 61.9 Å². The standard InChI is InChI=1S/C48H56ClN8O8PS/c1-48(2)16-12-35(40(29-48)33-4-6-36(49)7-5-33)31-54-19-21-55(22-20-54)37-8-10-39(42(27-37)56-18-3-23-65-47-44(56)26-34-13-17-50-45(34)52-47)46(58)53-67(63,64)38-9-11-41(43(28-38)57(59)60)51-30-32-14-24-66(61,62)25-15-32/h4-11,13,17,26-28,32,51H,3,12,14-16,18-25,29-31H2,1-2H3,(H,50,52)(H,53,58)(H,61,62). The summed E-state index contributed by atoms with van der Waals surface area (Å²) in [6, 6.07) is 20.9. The van der Waals surface area contributed by atoms with Gasteiger partial charge in [-0.05, 0) is 116 Å². The van der Waals surface area contributed by atoms with E-state index in [-0.39, 0.29) is 34.9 Å². The van der Waals surface area contributed by atoms with Gasteiger partial charge in [-0.1, -0.05) is 43.2 Å². The number of nitro groups is 1. The molecule has 0 bridgehead atoms. The fourth-order valence-corrected chi connectivity index (χ4v) is 12.6. The molecule has 16 nitrogen and oxygen atoms in total. The second-order valence-corrected chi connectivity index (χ2v) is 23.7. The van der Waals surface area contributed by atoms with Crippen LogP contribution in [0, 0.1) is 21.4 Å². The number of hydrogen-bond donors (Lipinski definition) is 4. The molecule has 3 aliphatic heterocycles. The average Bonchev–Trinajstić information content (AvgIpc) is 3.66. The number of ether oxygens (including phenoxy) is 1. The number of rotatable bonds is 12. The minimum absolute atomic E-state index is 0.0289. The van der Waals surface area contributed by atoms with Gasteiger partial charge in [0.15, 0.2) is 0 Å². The first kappa shape index (κ1) is 46.7. The van der Waals surface area contributed by atoms with Gasteiger partial charge in [0.05, 0.1) is 27.7 Å². The number of sulfonamides is 1. The lowest BCUT2D eigenvalue weighted by atomic mass is 9.72. The Bertz CT molecular complexity index is 2890. The molecule has 3 aromatic carbocycles. The topological polar surface area (TPSA) is 203 Å². The Hall–Kier alpha value is -5.45. The second kappa shape index (κ2) is 18.9. The van der Waals surface area contributed by atoms with E-state index < -0.39 is 38.8 Å². The smallest absolute Gasteiger partial charge is 0.293 e. The molecule has 5 aromatic rings. The number of halogens is 1. The van der Waals surface area contributed by atoms with Crippen molar-refractivity contribution >= 4 is 79.9 Å². The lowest BCUT2D eigenvalue weighted by Crippen LogP contribution is -2.47. The van der Waals surface area contributed by atoms with Gasteiger partial charge >= 0.3 is 0 Å². The summed E-state index contributed by atoms with van der Waals surface area (Å²) in [5.41, 5.74) is 6.64. The summed E-state index contributed by atoms with van der Waals surface area (Å²) in [6.45, 7) is 9.79. The van der Waals surface area contributed by atoms with Crippen LogP contribution in [0.1, 0.15) is 68.3 Å². The molecule has 2 fully saturated rings. The molecule has 1 amide bonds. The molecular formula is C48H56ClN8O8PS. The molecule has 67 heavy (non-hydrogen) atoms. The second-order valence-electron chi connectivity index (χ2n) is 19.0. The Labute approximate surface area is 395 Å². The maximum Gasteiger partial charge on any atom is 0.293 e. The summed E-state index contributed by atoms with van der Waals surface area (Å²) in [4.78, 5) is 50.0. The molecule has 1 aliphatic carbocycles. The predicted octanol–water partition coefficient (Wildman–Crippen LogP) is 9.04. The van der Waals surface area contributed by atoms with E-state index in [1.54, 1.807) is 12.3 Å². The largest absolute Gasteiger partial charge is 0.476 e. The van der Waals surface area contributed by atoms with Crippen LogP contribution in [0.25, 0.3) is 16.6 Å². The molecule has 0 atom stereocenters. The van der Waals surface area contributed by atoms with Crippen molar-refractivity contribution in [3.63, 3.8) is 0 Å². The first-order valence-electron chi connectivity index (χ1n) is 22.9. The molecule has 2 aromatic heterocycles. The summed E-state index contributed by atoms with van der Waals surface area (Å²) >= 11 is 6.27.